The number of para-hydroxylation sites is 1. The first-order valence-electron chi connectivity index (χ1n) is 10.5. The van der Waals surface area contributed by atoms with Crippen LogP contribution < -0.4 is 5.32 Å². The first kappa shape index (κ1) is 21.3. The molecule has 0 saturated carbocycles. The van der Waals surface area contributed by atoms with Crippen molar-refractivity contribution in [3.05, 3.63) is 65.4 Å². The molecule has 0 unspecified atom stereocenters. The van der Waals surface area contributed by atoms with E-state index >= 15 is 0 Å². The average molecular weight is 431 g/mol. The Morgan fingerprint density at radius 3 is 2.38 bits per heavy atom. The second-order valence-electron chi connectivity index (χ2n) is 7.69. The fraction of sp³-hybridized carbons (Fsp3) is 0.250. The molecule has 164 valence electrons. The van der Waals surface area contributed by atoms with E-state index in [1.54, 1.807) is 9.80 Å². The van der Waals surface area contributed by atoms with Gasteiger partial charge in [-0.3, -0.25) is 19.5 Å². The van der Waals surface area contributed by atoms with Gasteiger partial charge in [0.1, 0.15) is 0 Å². The van der Waals surface area contributed by atoms with Gasteiger partial charge in [-0.25, -0.2) is 0 Å². The largest absolute Gasteiger partial charge is 0.347 e. The minimum absolute atomic E-state index is 0.00761. The number of hydrogen-bond donors (Lipinski definition) is 2. The van der Waals surface area contributed by atoms with E-state index in [0.29, 0.717) is 31.7 Å². The third-order valence-electron chi connectivity index (χ3n) is 5.50. The van der Waals surface area contributed by atoms with Gasteiger partial charge in [-0.05, 0) is 29.8 Å². The summed E-state index contributed by atoms with van der Waals surface area (Å²) in [5, 5.41) is 10.9. The predicted molar refractivity (Wildman–Crippen MR) is 123 cm³/mol. The number of H-pyrrole nitrogens is 1. The van der Waals surface area contributed by atoms with Crippen molar-refractivity contribution in [1.82, 2.24) is 25.3 Å². The number of benzene rings is 2. The maximum Gasteiger partial charge on any atom is 0.253 e. The molecular formula is C24H25N5O3. The molecule has 1 saturated heterocycles. The zero-order chi connectivity index (χ0) is 22.5. The molecule has 0 bridgehead atoms. The van der Waals surface area contributed by atoms with Crippen molar-refractivity contribution >= 4 is 40.8 Å². The summed E-state index contributed by atoms with van der Waals surface area (Å²) in [5.74, 6) is -0.413. The third-order valence-corrected chi connectivity index (χ3v) is 5.50. The highest BCUT2D eigenvalue weighted by atomic mass is 16.2. The van der Waals surface area contributed by atoms with Gasteiger partial charge in [0, 0.05) is 44.1 Å². The summed E-state index contributed by atoms with van der Waals surface area (Å²) in [6.07, 6.45) is 3.92. The molecule has 3 aromatic rings. The lowest BCUT2D eigenvalue weighted by Crippen LogP contribution is -2.52. The van der Waals surface area contributed by atoms with Crippen LogP contribution in [0, 0.1) is 0 Å². The fourth-order valence-electron chi connectivity index (χ4n) is 3.68. The Kier molecular flexibility index (Phi) is 6.30. The molecule has 32 heavy (non-hydrogen) atoms. The molecule has 8 heteroatoms. The zero-order valence-electron chi connectivity index (χ0n) is 17.9. The number of amides is 3. The number of rotatable bonds is 5. The summed E-state index contributed by atoms with van der Waals surface area (Å²) >= 11 is 0. The molecule has 1 fully saturated rings. The minimum atomic E-state index is -0.233. The second kappa shape index (κ2) is 9.47. The lowest BCUT2D eigenvalue weighted by atomic mass is 10.1. The van der Waals surface area contributed by atoms with Crippen molar-refractivity contribution in [2.45, 2.75) is 6.92 Å². The van der Waals surface area contributed by atoms with Crippen molar-refractivity contribution in [2.75, 3.05) is 32.7 Å². The summed E-state index contributed by atoms with van der Waals surface area (Å²) in [6.45, 7) is 3.23. The summed E-state index contributed by atoms with van der Waals surface area (Å²) in [5.41, 5.74) is 3.45. The summed E-state index contributed by atoms with van der Waals surface area (Å²) in [6, 6.07) is 15.4. The van der Waals surface area contributed by atoms with Gasteiger partial charge in [0.15, 0.2) is 0 Å². The van der Waals surface area contributed by atoms with Crippen molar-refractivity contribution < 1.29 is 14.4 Å². The topological polar surface area (TPSA) is 98.4 Å². The standard InChI is InChI=1S/C24H25N5O3/c1-17(30)25-16-23(31)28-12-14-29(15-13-28)24(32)19-9-6-18(7-10-19)8-11-22-20-4-2-3-5-21(20)26-27-22/h2-11H,12-16H2,1H3,(H,25,30)(H,26,27). The van der Waals surface area contributed by atoms with Crippen LogP contribution in [0.4, 0.5) is 0 Å². The summed E-state index contributed by atoms with van der Waals surface area (Å²) < 4.78 is 0. The van der Waals surface area contributed by atoms with Gasteiger partial charge in [0.05, 0.1) is 17.8 Å². The lowest BCUT2D eigenvalue weighted by molar-refractivity contribution is -0.133. The van der Waals surface area contributed by atoms with Crippen LogP contribution in [0.2, 0.25) is 0 Å². The van der Waals surface area contributed by atoms with E-state index in [1.165, 1.54) is 6.92 Å². The number of nitrogens with one attached hydrogen (secondary N) is 2. The Labute approximate surface area is 185 Å². The van der Waals surface area contributed by atoms with E-state index < -0.39 is 0 Å². The highest BCUT2D eigenvalue weighted by molar-refractivity contribution is 5.95. The highest BCUT2D eigenvalue weighted by Crippen LogP contribution is 2.18. The number of aromatic amines is 1. The zero-order valence-corrected chi connectivity index (χ0v) is 17.9. The molecule has 0 atom stereocenters. The van der Waals surface area contributed by atoms with E-state index in [4.69, 9.17) is 0 Å². The first-order valence-corrected chi connectivity index (χ1v) is 10.5. The van der Waals surface area contributed by atoms with E-state index in [-0.39, 0.29) is 24.3 Å². The summed E-state index contributed by atoms with van der Waals surface area (Å²) in [7, 11) is 0. The van der Waals surface area contributed by atoms with Gasteiger partial charge in [-0.2, -0.15) is 5.10 Å². The number of hydrogen-bond acceptors (Lipinski definition) is 4. The van der Waals surface area contributed by atoms with Crippen molar-refractivity contribution in [3.63, 3.8) is 0 Å². The van der Waals surface area contributed by atoms with Crippen LogP contribution >= 0.6 is 0 Å². The normalized spacial score (nSPS) is 14.2. The summed E-state index contributed by atoms with van der Waals surface area (Å²) in [4.78, 5) is 39.3. The Morgan fingerprint density at radius 2 is 1.66 bits per heavy atom. The molecule has 2 aromatic carbocycles. The number of carbonyl (C=O) groups is 3. The highest BCUT2D eigenvalue weighted by Gasteiger charge is 2.24. The molecule has 3 amide bonds. The number of nitrogens with zero attached hydrogens (tertiary/aromatic N) is 3. The number of carbonyl (C=O) groups excluding carboxylic acids is 3. The third kappa shape index (κ3) is 4.85. The van der Waals surface area contributed by atoms with Gasteiger partial charge in [0.25, 0.3) is 5.91 Å². The van der Waals surface area contributed by atoms with Crippen LogP contribution in [0.1, 0.15) is 28.5 Å². The van der Waals surface area contributed by atoms with Gasteiger partial charge in [-0.1, -0.05) is 36.4 Å². The van der Waals surface area contributed by atoms with Crippen LogP contribution in [-0.4, -0.2) is 70.4 Å². The second-order valence-corrected chi connectivity index (χ2v) is 7.69. The van der Waals surface area contributed by atoms with Crippen molar-refractivity contribution in [2.24, 2.45) is 0 Å². The van der Waals surface area contributed by atoms with Crippen LogP contribution in [0.3, 0.4) is 0 Å². The average Bonchev–Trinajstić information content (AvgIpc) is 3.24. The van der Waals surface area contributed by atoms with Crippen LogP contribution in [-0.2, 0) is 9.59 Å². The van der Waals surface area contributed by atoms with Crippen molar-refractivity contribution in [3.8, 4) is 0 Å². The maximum absolute atomic E-state index is 12.8. The Hall–Kier alpha value is -3.94. The van der Waals surface area contributed by atoms with E-state index in [0.717, 1.165) is 22.2 Å². The van der Waals surface area contributed by atoms with Crippen LogP contribution in [0.15, 0.2) is 48.5 Å². The lowest BCUT2D eigenvalue weighted by Gasteiger charge is -2.34. The maximum atomic E-state index is 12.8. The molecule has 2 N–H and O–H groups in total. The molecule has 1 aliphatic heterocycles. The number of aromatic nitrogens is 2. The molecule has 0 radical (unpaired) electrons. The van der Waals surface area contributed by atoms with Gasteiger partial charge >= 0.3 is 0 Å². The number of fused-ring (bicyclic) bond motifs is 1. The van der Waals surface area contributed by atoms with E-state index in [2.05, 4.69) is 15.5 Å². The molecule has 0 aliphatic carbocycles. The van der Waals surface area contributed by atoms with Gasteiger partial charge in [0.2, 0.25) is 11.8 Å². The molecule has 2 heterocycles. The molecule has 1 aromatic heterocycles. The number of piperazine rings is 1. The SMILES string of the molecule is CC(=O)NCC(=O)N1CCN(C(=O)c2ccc(C=Cc3n[nH]c4ccccc34)cc2)CC1. The van der Waals surface area contributed by atoms with Crippen LogP contribution in [0.5, 0.6) is 0 Å². The predicted octanol–water partition coefficient (Wildman–Crippen LogP) is 2.15. The van der Waals surface area contributed by atoms with Gasteiger partial charge in [-0.15, -0.1) is 0 Å². The van der Waals surface area contributed by atoms with E-state index in [9.17, 15) is 14.4 Å². The minimum Gasteiger partial charge on any atom is -0.347 e. The molecule has 4 rings (SSSR count). The van der Waals surface area contributed by atoms with E-state index in [1.807, 2.05) is 60.7 Å². The molecule has 0 spiro atoms. The molecule has 1 aliphatic rings. The monoisotopic (exact) mass is 431 g/mol. The van der Waals surface area contributed by atoms with Crippen molar-refractivity contribution in [1.29, 1.82) is 0 Å². The molecular weight excluding hydrogens is 406 g/mol. The van der Waals surface area contributed by atoms with Gasteiger partial charge < -0.3 is 15.1 Å². The van der Waals surface area contributed by atoms with Crippen LogP contribution in [0.25, 0.3) is 23.1 Å². The Balaban J connectivity index is 1.33. The fourth-order valence-corrected chi connectivity index (χ4v) is 3.68. The molecule has 8 nitrogen and oxygen atoms in total. The Morgan fingerprint density at radius 1 is 0.969 bits per heavy atom. The smallest absolute Gasteiger partial charge is 0.253 e. The Bertz CT molecular complexity index is 1160. The quantitative estimate of drug-likeness (QED) is 0.647. The first-order chi connectivity index (χ1) is 15.5.